The molecule has 2 aromatic heterocycles. The van der Waals surface area contributed by atoms with E-state index in [0.717, 1.165) is 0 Å². The van der Waals surface area contributed by atoms with E-state index in [4.69, 9.17) is 4.42 Å². The molecule has 11 heteroatoms. The van der Waals surface area contributed by atoms with Crippen molar-refractivity contribution in [1.82, 2.24) is 20.9 Å². The van der Waals surface area contributed by atoms with Gasteiger partial charge in [0.25, 0.3) is 11.8 Å². The molecule has 1 aliphatic carbocycles. The number of alkyl halides is 2. The monoisotopic (exact) mass is 448 g/mol. The molecule has 0 bridgehead atoms. The van der Waals surface area contributed by atoms with Crippen LogP contribution in [0, 0.1) is 5.92 Å². The zero-order valence-corrected chi connectivity index (χ0v) is 17.1. The number of rotatable bonds is 10. The number of halogens is 2. The van der Waals surface area contributed by atoms with Crippen LogP contribution in [0.5, 0.6) is 0 Å². The second kappa shape index (κ2) is 9.67. The van der Waals surface area contributed by atoms with Crippen molar-refractivity contribution in [2.45, 2.75) is 44.3 Å². The van der Waals surface area contributed by atoms with Crippen LogP contribution in [0.4, 0.5) is 8.78 Å². The van der Waals surface area contributed by atoms with Crippen LogP contribution < -0.4 is 16.0 Å². The van der Waals surface area contributed by atoms with Crippen molar-refractivity contribution >= 4 is 23.5 Å². The van der Waals surface area contributed by atoms with Crippen LogP contribution in [0.3, 0.4) is 0 Å². The molecule has 1 fully saturated rings. The topological polar surface area (TPSA) is 130 Å². The van der Waals surface area contributed by atoms with Crippen molar-refractivity contribution < 1.29 is 32.4 Å². The molecular weight excluding hydrogens is 426 g/mol. The fourth-order valence-electron chi connectivity index (χ4n) is 2.93. The Kier molecular flexibility index (Phi) is 6.96. The van der Waals surface area contributed by atoms with Crippen LogP contribution >= 0.6 is 0 Å². The molecule has 32 heavy (non-hydrogen) atoms. The predicted octanol–water partition coefficient (Wildman–Crippen LogP) is 0.747. The number of hydrogen-bond donors (Lipinski definition) is 3. The highest BCUT2D eigenvalue weighted by molar-refractivity contribution is 6.38. The molecule has 1 saturated carbocycles. The summed E-state index contributed by atoms with van der Waals surface area (Å²) >= 11 is 0. The smallest absolute Gasteiger partial charge is 0.289 e. The largest absolute Gasteiger partial charge is 0.469 e. The van der Waals surface area contributed by atoms with Crippen molar-refractivity contribution in [3.05, 3.63) is 54.2 Å². The lowest BCUT2D eigenvalue weighted by Crippen LogP contribution is -2.54. The SMILES string of the molecule is C[C@@H](NC(=O)C1CC1(F)F)C(=O)N[C@H](Cc1ccco1)C(=O)C(=O)NCc1ccccn1. The molecule has 3 atom stereocenters. The molecule has 3 amide bonds. The van der Waals surface area contributed by atoms with E-state index in [2.05, 4.69) is 20.9 Å². The van der Waals surface area contributed by atoms with E-state index < -0.39 is 53.8 Å². The lowest BCUT2D eigenvalue weighted by atomic mass is 10.1. The van der Waals surface area contributed by atoms with Gasteiger partial charge in [0.05, 0.1) is 18.5 Å². The average molecular weight is 448 g/mol. The van der Waals surface area contributed by atoms with Gasteiger partial charge >= 0.3 is 0 Å². The van der Waals surface area contributed by atoms with Gasteiger partial charge in [-0.15, -0.1) is 0 Å². The maximum atomic E-state index is 13.0. The molecule has 3 rings (SSSR count). The Balaban J connectivity index is 1.61. The summed E-state index contributed by atoms with van der Waals surface area (Å²) in [4.78, 5) is 53.4. The van der Waals surface area contributed by atoms with E-state index in [0.29, 0.717) is 11.5 Å². The van der Waals surface area contributed by atoms with E-state index in [1.807, 2.05) is 0 Å². The first-order chi connectivity index (χ1) is 15.2. The molecule has 0 saturated heterocycles. The number of aromatic nitrogens is 1. The predicted molar refractivity (Wildman–Crippen MR) is 106 cm³/mol. The quantitative estimate of drug-likeness (QED) is 0.460. The molecule has 2 aromatic rings. The van der Waals surface area contributed by atoms with Crippen molar-refractivity contribution in [2.75, 3.05) is 0 Å². The van der Waals surface area contributed by atoms with E-state index in [-0.39, 0.29) is 13.0 Å². The fraction of sp³-hybridized carbons (Fsp3) is 0.381. The molecule has 0 aromatic carbocycles. The van der Waals surface area contributed by atoms with Gasteiger partial charge in [0, 0.05) is 19.0 Å². The molecule has 0 spiro atoms. The standard InChI is InChI=1S/C21H22F2N4O5/c1-12(26-19(30)15-10-21(15,22)23)18(29)27-16(9-14-6-4-8-32-14)17(28)20(31)25-11-13-5-2-3-7-24-13/h2-8,12,15-16H,9-11H2,1H3,(H,25,31)(H,26,30)(H,27,29)/t12-,15?,16-/m1/s1. The molecule has 9 nitrogen and oxygen atoms in total. The van der Waals surface area contributed by atoms with Crippen molar-refractivity contribution in [2.24, 2.45) is 5.92 Å². The Morgan fingerprint density at radius 3 is 2.53 bits per heavy atom. The van der Waals surface area contributed by atoms with Crippen LogP contribution in [0.2, 0.25) is 0 Å². The van der Waals surface area contributed by atoms with Crippen LogP contribution in [0.25, 0.3) is 0 Å². The van der Waals surface area contributed by atoms with E-state index >= 15 is 0 Å². The second-order valence-electron chi connectivity index (χ2n) is 7.46. The fourth-order valence-corrected chi connectivity index (χ4v) is 2.93. The van der Waals surface area contributed by atoms with Gasteiger partial charge in [-0.2, -0.15) is 0 Å². The Bertz CT molecular complexity index is 981. The Morgan fingerprint density at radius 2 is 1.94 bits per heavy atom. The first kappa shape index (κ1) is 23.0. The number of furan rings is 1. The highest BCUT2D eigenvalue weighted by Crippen LogP contribution is 2.48. The summed E-state index contributed by atoms with van der Waals surface area (Å²) in [6.45, 7) is 1.30. The summed E-state index contributed by atoms with van der Waals surface area (Å²) in [5.74, 6) is -7.81. The van der Waals surface area contributed by atoms with E-state index in [1.54, 1.807) is 30.3 Å². The minimum atomic E-state index is -3.07. The molecule has 1 aliphatic rings. The maximum Gasteiger partial charge on any atom is 0.289 e. The number of ketones is 1. The third-order valence-corrected chi connectivity index (χ3v) is 4.89. The van der Waals surface area contributed by atoms with E-state index in [1.165, 1.54) is 19.4 Å². The van der Waals surface area contributed by atoms with Crippen molar-refractivity contribution in [3.63, 3.8) is 0 Å². The zero-order chi connectivity index (χ0) is 23.3. The minimum absolute atomic E-state index is 0.00882. The number of pyridine rings is 1. The Morgan fingerprint density at radius 1 is 1.19 bits per heavy atom. The number of nitrogens with one attached hydrogen (secondary N) is 3. The van der Waals surface area contributed by atoms with Crippen LogP contribution in [0.1, 0.15) is 24.8 Å². The van der Waals surface area contributed by atoms with Gasteiger partial charge in [0.1, 0.15) is 23.8 Å². The maximum absolute atomic E-state index is 13.0. The summed E-state index contributed by atoms with van der Waals surface area (Å²) in [6.07, 6.45) is 2.23. The summed E-state index contributed by atoms with van der Waals surface area (Å²) < 4.78 is 31.3. The molecule has 1 unspecified atom stereocenters. The summed E-state index contributed by atoms with van der Waals surface area (Å²) in [7, 11) is 0. The summed E-state index contributed by atoms with van der Waals surface area (Å²) in [5.41, 5.74) is 0.536. The first-order valence-electron chi connectivity index (χ1n) is 9.90. The molecular formula is C21H22F2N4O5. The zero-order valence-electron chi connectivity index (χ0n) is 17.1. The van der Waals surface area contributed by atoms with Gasteiger partial charge in [-0.3, -0.25) is 24.2 Å². The van der Waals surface area contributed by atoms with Crippen LogP contribution in [-0.4, -0.2) is 46.5 Å². The Hall–Kier alpha value is -3.63. The third kappa shape index (κ3) is 5.96. The number of carbonyl (C=O) groups excluding carboxylic acids is 4. The van der Waals surface area contributed by atoms with Crippen LogP contribution in [-0.2, 0) is 32.1 Å². The normalized spacial score (nSPS) is 18.2. The highest BCUT2D eigenvalue weighted by Gasteiger charge is 2.61. The average Bonchev–Trinajstić information content (AvgIpc) is 3.14. The lowest BCUT2D eigenvalue weighted by molar-refractivity contribution is -0.140. The molecule has 0 aliphatic heterocycles. The second-order valence-corrected chi connectivity index (χ2v) is 7.46. The third-order valence-electron chi connectivity index (χ3n) is 4.89. The highest BCUT2D eigenvalue weighted by atomic mass is 19.3. The number of nitrogens with zero attached hydrogens (tertiary/aromatic N) is 1. The molecule has 170 valence electrons. The minimum Gasteiger partial charge on any atom is -0.469 e. The van der Waals surface area contributed by atoms with Crippen LogP contribution in [0.15, 0.2) is 47.2 Å². The Labute approximate surface area is 182 Å². The van der Waals surface area contributed by atoms with Crippen molar-refractivity contribution in [3.8, 4) is 0 Å². The van der Waals surface area contributed by atoms with Gasteiger partial charge in [-0.25, -0.2) is 8.78 Å². The van der Waals surface area contributed by atoms with Gasteiger partial charge in [-0.05, 0) is 31.2 Å². The summed E-state index contributed by atoms with van der Waals surface area (Å²) in [5, 5.41) is 7.03. The number of carbonyl (C=O) groups is 4. The molecule has 3 N–H and O–H groups in total. The van der Waals surface area contributed by atoms with Gasteiger partial charge in [0.15, 0.2) is 0 Å². The first-order valence-corrected chi connectivity index (χ1v) is 9.90. The van der Waals surface area contributed by atoms with Gasteiger partial charge < -0.3 is 20.4 Å². The number of amides is 3. The van der Waals surface area contributed by atoms with Gasteiger partial charge in [-0.1, -0.05) is 6.07 Å². The molecule has 2 heterocycles. The summed E-state index contributed by atoms with van der Waals surface area (Å²) in [6, 6.07) is 5.76. The number of hydrogen-bond acceptors (Lipinski definition) is 6. The van der Waals surface area contributed by atoms with Gasteiger partial charge in [0.2, 0.25) is 17.6 Å². The molecule has 0 radical (unpaired) electrons. The van der Waals surface area contributed by atoms with Crippen molar-refractivity contribution in [1.29, 1.82) is 0 Å². The number of Topliss-reactive ketones (excluding diaryl/α,β-unsaturated/α-hetero) is 1. The lowest BCUT2D eigenvalue weighted by Gasteiger charge is -2.20. The van der Waals surface area contributed by atoms with E-state index in [9.17, 15) is 28.0 Å².